The molecule has 4 heteroatoms. The summed E-state index contributed by atoms with van der Waals surface area (Å²) in [5.74, 6) is 1.13. The van der Waals surface area contributed by atoms with Crippen LogP contribution in [0.1, 0.15) is 32.5 Å². The van der Waals surface area contributed by atoms with Crippen molar-refractivity contribution in [2.24, 2.45) is 5.73 Å². The summed E-state index contributed by atoms with van der Waals surface area (Å²) in [6.07, 6.45) is 4.93. The first-order chi connectivity index (χ1) is 8.22. The lowest BCUT2D eigenvalue weighted by Crippen LogP contribution is -2.15. The number of rotatable bonds is 5. The molecule has 2 aromatic rings. The van der Waals surface area contributed by atoms with Crippen LogP contribution in [0.5, 0.6) is 0 Å². The molecule has 4 nitrogen and oxygen atoms in total. The fourth-order valence-corrected chi connectivity index (χ4v) is 2.11. The Morgan fingerprint density at radius 1 is 1.47 bits per heavy atom. The summed E-state index contributed by atoms with van der Waals surface area (Å²) >= 11 is 0. The van der Waals surface area contributed by atoms with Crippen molar-refractivity contribution in [1.29, 1.82) is 0 Å². The number of fused-ring (bicyclic) bond motifs is 1. The summed E-state index contributed by atoms with van der Waals surface area (Å²) in [7, 11) is 0. The van der Waals surface area contributed by atoms with Crippen molar-refractivity contribution < 1.29 is 0 Å². The van der Waals surface area contributed by atoms with Crippen molar-refractivity contribution in [3.63, 3.8) is 0 Å². The molecule has 0 aliphatic heterocycles. The van der Waals surface area contributed by atoms with E-state index in [1.54, 1.807) is 0 Å². The Labute approximate surface area is 102 Å². The highest BCUT2D eigenvalue weighted by Crippen LogP contribution is 2.15. The lowest BCUT2D eigenvalue weighted by Gasteiger charge is -2.06. The normalized spacial score (nSPS) is 13.1. The molecule has 92 valence electrons. The second-order valence-corrected chi connectivity index (χ2v) is 4.49. The second kappa shape index (κ2) is 5.27. The van der Waals surface area contributed by atoms with Gasteiger partial charge in [0.05, 0.1) is 0 Å². The van der Waals surface area contributed by atoms with Gasteiger partial charge in [-0.15, -0.1) is 0 Å². The number of pyridine rings is 1. The maximum Gasteiger partial charge on any atom is 0.159 e. The van der Waals surface area contributed by atoms with Crippen LogP contribution in [0.25, 0.3) is 11.2 Å². The van der Waals surface area contributed by atoms with Crippen LogP contribution in [0.2, 0.25) is 0 Å². The smallest absolute Gasteiger partial charge is 0.159 e. The molecule has 17 heavy (non-hydrogen) atoms. The van der Waals surface area contributed by atoms with Crippen LogP contribution < -0.4 is 5.73 Å². The zero-order chi connectivity index (χ0) is 12.3. The van der Waals surface area contributed by atoms with Crippen molar-refractivity contribution >= 4 is 11.2 Å². The second-order valence-electron chi connectivity index (χ2n) is 4.49. The Kier molecular flexibility index (Phi) is 3.74. The van der Waals surface area contributed by atoms with E-state index in [9.17, 15) is 0 Å². The quantitative estimate of drug-likeness (QED) is 0.859. The largest absolute Gasteiger partial charge is 0.328 e. The Morgan fingerprint density at radius 3 is 3.00 bits per heavy atom. The summed E-state index contributed by atoms with van der Waals surface area (Å²) in [5, 5.41) is 0. The number of nitrogens with zero attached hydrogens (tertiary/aromatic N) is 3. The molecule has 1 unspecified atom stereocenters. The summed E-state index contributed by atoms with van der Waals surface area (Å²) < 4.78 is 2.19. The molecule has 2 aromatic heterocycles. The van der Waals surface area contributed by atoms with Gasteiger partial charge in [-0.05, 0) is 38.8 Å². The van der Waals surface area contributed by atoms with Gasteiger partial charge in [-0.25, -0.2) is 9.97 Å². The standard InChI is InChI=1S/C13H20N4/c1-3-17-12(8-4-6-10(2)14)16-11-7-5-9-15-13(11)17/h5,7,9-10H,3-4,6,8,14H2,1-2H3. The zero-order valence-electron chi connectivity index (χ0n) is 10.6. The molecule has 2 heterocycles. The molecular formula is C13H20N4. The third-order valence-electron chi connectivity index (χ3n) is 2.96. The van der Waals surface area contributed by atoms with E-state index in [1.165, 1.54) is 0 Å². The van der Waals surface area contributed by atoms with Crippen molar-refractivity contribution in [2.45, 2.75) is 45.7 Å². The van der Waals surface area contributed by atoms with Gasteiger partial charge in [0.15, 0.2) is 5.65 Å². The van der Waals surface area contributed by atoms with E-state index in [1.807, 2.05) is 25.3 Å². The first kappa shape index (κ1) is 12.0. The molecule has 0 fully saturated rings. The monoisotopic (exact) mass is 232 g/mol. The van der Waals surface area contributed by atoms with E-state index < -0.39 is 0 Å². The molecule has 0 radical (unpaired) electrons. The Morgan fingerprint density at radius 2 is 2.29 bits per heavy atom. The van der Waals surface area contributed by atoms with Crippen molar-refractivity contribution in [3.8, 4) is 0 Å². The fraction of sp³-hybridized carbons (Fsp3) is 0.538. The van der Waals surface area contributed by atoms with E-state index in [4.69, 9.17) is 5.73 Å². The third kappa shape index (κ3) is 2.64. The predicted molar refractivity (Wildman–Crippen MR) is 69.8 cm³/mol. The van der Waals surface area contributed by atoms with E-state index in [0.717, 1.165) is 42.8 Å². The molecule has 0 aromatic carbocycles. The van der Waals surface area contributed by atoms with E-state index in [2.05, 4.69) is 21.5 Å². The maximum atomic E-state index is 5.76. The molecule has 2 N–H and O–H groups in total. The number of hydrogen-bond acceptors (Lipinski definition) is 3. The van der Waals surface area contributed by atoms with Gasteiger partial charge < -0.3 is 10.3 Å². The molecule has 0 saturated carbocycles. The van der Waals surface area contributed by atoms with Gasteiger partial charge in [-0.2, -0.15) is 0 Å². The number of hydrogen-bond donors (Lipinski definition) is 1. The number of nitrogens with two attached hydrogens (primary N) is 1. The van der Waals surface area contributed by atoms with Gasteiger partial charge in [-0.1, -0.05) is 0 Å². The third-order valence-corrected chi connectivity index (χ3v) is 2.96. The average molecular weight is 232 g/mol. The fourth-order valence-electron chi connectivity index (χ4n) is 2.11. The topological polar surface area (TPSA) is 56.7 Å². The average Bonchev–Trinajstić information content (AvgIpc) is 2.66. The molecular weight excluding hydrogens is 212 g/mol. The Balaban J connectivity index is 2.21. The number of imidazole rings is 1. The van der Waals surface area contributed by atoms with E-state index in [0.29, 0.717) is 0 Å². The molecule has 0 aliphatic carbocycles. The Hall–Kier alpha value is -1.42. The van der Waals surface area contributed by atoms with Gasteiger partial charge in [0.25, 0.3) is 0 Å². The first-order valence-corrected chi connectivity index (χ1v) is 6.28. The minimum atomic E-state index is 0.271. The summed E-state index contributed by atoms with van der Waals surface area (Å²) in [5.41, 5.74) is 7.75. The van der Waals surface area contributed by atoms with E-state index in [-0.39, 0.29) is 6.04 Å². The molecule has 0 spiro atoms. The zero-order valence-corrected chi connectivity index (χ0v) is 10.6. The predicted octanol–water partition coefficient (Wildman–Crippen LogP) is 2.12. The van der Waals surface area contributed by atoms with Gasteiger partial charge in [0.1, 0.15) is 11.3 Å². The molecule has 1 atom stereocenters. The van der Waals surface area contributed by atoms with Crippen molar-refractivity contribution in [3.05, 3.63) is 24.2 Å². The minimum Gasteiger partial charge on any atom is -0.328 e. The number of aromatic nitrogens is 3. The van der Waals surface area contributed by atoms with Gasteiger partial charge in [0, 0.05) is 25.2 Å². The van der Waals surface area contributed by atoms with Crippen LogP contribution in [-0.4, -0.2) is 20.6 Å². The summed E-state index contributed by atoms with van der Waals surface area (Å²) in [4.78, 5) is 9.03. The first-order valence-electron chi connectivity index (χ1n) is 6.28. The summed E-state index contributed by atoms with van der Waals surface area (Å²) in [6.45, 7) is 5.09. The van der Waals surface area contributed by atoms with Crippen LogP contribution in [0.3, 0.4) is 0 Å². The van der Waals surface area contributed by atoms with Crippen LogP contribution in [0, 0.1) is 0 Å². The van der Waals surface area contributed by atoms with Crippen LogP contribution in [0.4, 0.5) is 0 Å². The molecule has 0 bridgehead atoms. The molecule has 0 amide bonds. The highest BCUT2D eigenvalue weighted by Gasteiger charge is 2.09. The maximum absolute atomic E-state index is 5.76. The molecule has 2 rings (SSSR count). The van der Waals surface area contributed by atoms with Crippen LogP contribution in [-0.2, 0) is 13.0 Å². The van der Waals surface area contributed by atoms with Gasteiger partial charge in [0.2, 0.25) is 0 Å². The Bertz CT molecular complexity index is 487. The number of aryl methyl sites for hydroxylation is 2. The van der Waals surface area contributed by atoms with Crippen LogP contribution >= 0.6 is 0 Å². The highest BCUT2D eigenvalue weighted by atomic mass is 15.1. The lowest BCUT2D eigenvalue weighted by molar-refractivity contribution is 0.597. The van der Waals surface area contributed by atoms with Crippen LogP contribution in [0.15, 0.2) is 18.3 Å². The van der Waals surface area contributed by atoms with Gasteiger partial charge in [-0.3, -0.25) is 0 Å². The SMILES string of the molecule is CCn1c(CCCC(C)N)nc2cccnc21. The summed E-state index contributed by atoms with van der Waals surface area (Å²) in [6, 6.07) is 4.22. The highest BCUT2D eigenvalue weighted by molar-refractivity contribution is 5.71. The minimum absolute atomic E-state index is 0.271. The van der Waals surface area contributed by atoms with Gasteiger partial charge >= 0.3 is 0 Å². The molecule has 0 saturated heterocycles. The molecule has 0 aliphatic rings. The van der Waals surface area contributed by atoms with Crippen molar-refractivity contribution in [2.75, 3.05) is 0 Å². The van der Waals surface area contributed by atoms with E-state index >= 15 is 0 Å². The van der Waals surface area contributed by atoms with Crippen molar-refractivity contribution in [1.82, 2.24) is 14.5 Å². The lowest BCUT2D eigenvalue weighted by atomic mass is 10.1.